The van der Waals surface area contributed by atoms with Crippen molar-refractivity contribution in [3.05, 3.63) is 59.7 Å². The second kappa shape index (κ2) is 9.96. The first kappa shape index (κ1) is 20.0. The van der Waals surface area contributed by atoms with Gasteiger partial charge >= 0.3 is 5.97 Å². The molecule has 0 radical (unpaired) electrons. The van der Waals surface area contributed by atoms with Crippen LogP contribution in [0.3, 0.4) is 0 Å². The lowest BCUT2D eigenvalue weighted by Gasteiger charge is -2.10. The molecule has 0 bridgehead atoms. The number of methoxy groups -OCH3 is 2. The van der Waals surface area contributed by atoms with E-state index in [1.807, 2.05) is 6.07 Å². The maximum atomic E-state index is 11.9. The summed E-state index contributed by atoms with van der Waals surface area (Å²) in [6, 6.07) is 14.0. The maximum Gasteiger partial charge on any atom is 0.310 e. The summed E-state index contributed by atoms with van der Waals surface area (Å²) < 4.78 is 15.2. The van der Waals surface area contributed by atoms with Gasteiger partial charge in [0.15, 0.2) is 6.61 Å². The largest absolute Gasteiger partial charge is 0.497 e. The Labute approximate surface area is 157 Å². The first-order chi connectivity index (χ1) is 13.0. The van der Waals surface area contributed by atoms with Gasteiger partial charge in [0.2, 0.25) is 5.91 Å². The highest BCUT2D eigenvalue weighted by Crippen LogP contribution is 2.25. The minimum absolute atomic E-state index is 0.0710. The molecule has 0 saturated carbocycles. The van der Waals surface area contributed by atoms with Gasteiger partial charge in [-0.05, 0) is 11.6 Å². The van der Waals surface area contributed by atoms with Gasteiger partial charge in [-0.15, -0.1) is 0 Å². The van der Waals surface area contributed by atoms with Crippen LogP contribution in [0.15, 0.2) is 48.5 Å². The van der Waals surface area contributed by atoms with Gasteiger partial charge in [-0.25, -0.2) is 0 Å². The monoisotopic (exact) mass is 371 g/mol. The number of imide groups is 1. The van der Waals surface area contributed by atoms with Gasteiger partial charge in [0.25, 0.3) is 5.91 Å². The van der Waals surface area contributed by atoms with Crippen LogP contribution in [0.4, 0.5) is 0 Å². The van der Waals surface area contributed by atoms with Gasteiger partial charge in [0.05, 0.1) is 27.1 Å². The highest BCUT2D eigenvalue weighted by molar-refractivity contribution is 5.97. The molecule has 7 heteroatoms. The van der Waals surface area contributed by atoms with E-state index in [-0.39, 0.29) is 12.8 Å². The van der Waals surface area contributed by atoms with E-state index in [0.717, 1.165) is 5.56 Å². The number of amides is 2. The predicted molar refractivity (Wildman–Crippen MR) is 97.5 cm³/mol. The Morgan fingerprint density at radius 1 is 0.889 bits per heavy atom. The molecule has 7 nitrogen and oxygen atoms in total. The standard InChI is InChI=1S/C20H21NO6/c1-25-16-9-8-15(17(12-16)26-2)11-20(24)27-13-19(23)21-18(22)10-14-6-4-3-5-7-14/h3-9,12H,10-11,13H2,1-2H3,(H,21,22,23). The van der Waals surface area contributed by atoms with Crippen molar-refractivity contribution in [1.82, 2.24) is 5.32 Å². The molecule has 27 heavy (non-hydrogen) atoms. The third kappa shape index (κ3) is 6.47. The van der Waals surface area contributed by atoms with Crippen molar-refractivity contribution in [3.63, 3.8) is 0 Å². The molecule has 2 rings (SSSR count). The Hall–Kier alpha value is -3.35. The van der Waals surface area contributed by atoms with Gasteiger partial charge in [-0.3, -0.25) is 19.7 Å². The SMILES string of the molecule is COc1ccc(CC(=O)OCC(=O)NC(=O)Cc2ccccc2)c(OC)c1. The predicted octanol–water partition coefficient (Wildman–Crippen LogP) is 1.67. The van der Waals surface area contributed by atoms with Gasteiger partial charge in [-0.1, -0.05) is 36.4 Å². The van der Waals surface area contributed by atoms with Crippen molar-refractivity contribution in [1.29, 1.82) is 0 Å². The summed E-state index contributed by atoms with van der Waals surface area (Å²) in [5.74, 6) is -0.664. The smallest absolute Gasteiger partial charge is 0.310 e. The highest BCUT2D eigenvalue weighted by Gasteiger charge is 2.14. The van der Waals surface area contributed by atoms with Gasteiger partial charge < -0.3 is 14.2 Å². The molecule has 0 aliphatic heterocycles. The molecule has 0 atom stereocenters. The number of ether oxygens (including phenoxy) is 3. The third-order valence-electron chi connectivity index (χ3n) is 3.68. The Balaban J connectivity index is 1.79. The van der Waals surface area contributed by atoms with Crippen LogP contribution in [0, 0.1) is 0 Å². The zero-order valence-electron chi connectivity index (χ0n) is 15.2. The molecule has 0 spiro atoms. The van der Waals surface area contributed by atoms with E-state index in [2.05, 4.69) is 5.32 Å². The van der Waals surface area contributed by atoms with E-state index in [0.29, 0.717) is 17.1 Å². The molecule has 2 amide bonds. The number of nitrogens with one attached hydrogen (secondary N) is 1. The number of carbonyl (C=O) groups is 3. The second-order valence-electron chi connectivity index (χ2n) is 5.65. The van der Waals surface area contributed by atoms with Crippen LogP contribution in [0.25, 0.3) is 0 Å². The molecular weight excluding hydrogens is 350 g/mol. The fraction of sp³-hybridized carbons (Fsp3) is 0.250. The first-order valence-corrected chi connectivity index (χ1v) is 8.25. The number of benzene rings is 2. The molecule has 0 aromatic heterocycles. The molecule has 142 valence electrons. The minimum atomic E-state index is -0.675. The summed E-state index contributed by atoms with van der Waals surface area (Å²) in [6.07, 6.45) is 0.00197. The average molecular weight is 371 g/mol. The molecule has 0 aliphatic carbocycles. The van der Waals surface area contributed by atoms with Crippen LogP contribution in [-0.2, 0) is 32.0 Å². The Bertz CT molecular complexity index is 803. The molecule has 1 N–H and O–H groups in total. The van der Waals surface area contributed by atoms with E-state index in [9.17, 15) is 14.4 Å². The maximum absolute atomic E-state index is 11.9. The molecule has 0 fully saturated rings. The Kier molecular flexibility index (Phi) is 7.37. The van der Waals surface area contributed by atoms with Crippen LogP contribution in [0.2, 0.25) is 0 Å². The fourth-order valence-corrected chi connectivity index (χ4v) is 2.37. The van der Waals surface area contributed by atoms with Crippen molar-refractivity contribution < 1.29 is 28.6 Å². The highest BCUT2D eigenvalue weighted by atomic mass is 16.5. The summed E-state index contributed by atoms with van der Waals surface area (Å²) in [7, 11) is 3.01. The molecule has 0 aliphatic rings. The normalized spacial score (nSPS) is 10.0. The van der Waals surface area contributed by atoms with Gasteiger partial charge in [0.1, 0.15) is 11.5 Å². The summed E-state index contributed by atoms with van der Waals surface area (Å²) in [5, 5.41) is 2.19. The molecular formula is C20H21NO6. The second-order valence-corrected chi connectivity index (χ2v) is 5.65. The van der Waals surface area contributed by atoms with Crippen LogP contribution in [0.5, 0.6) is 11.5 Å². The average Bonchev–Trinajstić information content (AvgIpc) is 2.67. The van der Waals surface area contributed by atoms with Crippen molar-refractivity contribution in [2.24, 2.45) is 0 Å². The number of rotatable bonds is 8. The lowest BCUT2D eigenvalue weighted by atomic mass is 10.1. The van der Waals surface area contributed by atoms with E-state index >= 15 is 0 Å². The lowest BCUT2D eigenvalue weighted by Crippen LogP contribution is -2.35. The molecule has 0 heterocycles. The van der Waals surface area contributed by atoms with Crippen molar-refractivity contribution in [3.8, 4) is 11.5 Å². The zero-order chi connectivity index (χ0) is 19.6. The van der Waals surface area contributed by atoms with Crippen molar-refractivity contribution in [2.75, 3.05) is 20.8 Å². The first-order valence-electron chi connectivity index (χ1n) is 8.25. The fourth-order valence-electron chi connectivity index (χ4n) is 2.37. The summed E-state index contributed by atoms with van der Waals surface area (Å²) in [5.41, 5.74) is 1.38. The van der Waals surface area contributed by atoms with Gasteiger partial charge in [0, 0.05) is 11.6 Å². The van der Waals surface area contributed by atoms with E-state index in [1.54, 1.807) is 42.5 Å². The molecule has 0 saturated heterocycles. The van der Waals surface area contributed by atoms with E-state index < -0.39 is 24.4 Å². The third-order valence-corrected chi connectivity index (χ3v) is 3.68. The summed E-state index contributed by atoms with van der Waals surface area (Å²) >= 11 is 0. The number of hydrogen-bond donors (Lipinski definition) is 1. The topological polar surface area (TPSA) is 90.9 Å². The lowest BCUT2D eigenvalue weighted by molar-refractivity contribution is -0.149. The minimum Gasteiger partial charge on any atom is -0.497 e. The Morgan fingerprint density at radius 3 is 2.30 bits per heavy atom. The van der Waals surface area contributed by atoms with E-state index in [4.69, 9.17) is 14.2 Å². The zero-order valence-corrected chi connectivity index (χ0v) is 15.2. The van der Waals surface area contributed by atoms with Crippen molar-refractivity contribution in [2.45, 2.75) is 12.8 Å². The molecule has 2 aromatic rings. The van der Waals surface area contributed by atoms with Crippen LogP contribution in [0.1, 0.15) is 11.1 Å². The number of esters is 1. The quantitative estimate of drug-likeness (QED) is 0.710. The van der Waals surface area contributed by atoms with Gasteiger partial charge in [-0.2, -0.15) is 0 Å². The number of carbonyl (C=O) groups excluding carboxylic acids is 3. The number of hydrogen-bond acceptors (Lipinski definition) is 6. The van der Waals surface area contributed by atoms with Crippen LogP contribution in [-0.4, -0.2) is 38.6 Å². The van der Waals surface area contributed by atoms with Crippen LogP contribution < -0.4 is 14.8 Å². The molecule has 0 unspecified atom stereocenters. The van der Waals surface area contributed by atoms with E-state index in [1.165, 1.54) is 14.2 Å². The summed E-state index contributed by atoms with van der Waals surface area (Å²) in [6.45, 7) is -0.530. The van der Waals surface area contributed by atoms with Crippen LogP contribution >= 0.6 is 0 Å². The Morgan fingerprint density at radius 2 is 1.63 bits per heavy atom. The molecule has 2 aromatic carbocycles. The summed E-state index contributed by atoms with van der Waals surface area (Å²) in [4.78, 5) is 35.5. The van der Waals surface area contributed by atoms with Crippen molar-refractivity contribution >= 4 is 17.8 Å².